The van der Waals surface area contributed by atoms with Crippen LogP contribution in [0.1, 0.15) is 45.9 Å². The average molecular weight is 465 g/mol. The number of hydrogen-bond donors (Lipinski definition) is 1. The Morgan fingerprint density at radius 3 is 2.79 bits per heavy atom. The van der Waals surface area contributed by atoms with E-state index in [0.717, 1.165) is 17.7 Å². The molecule has 33 heavy (non-hydrogen) atoms. The molecule has 1 amide bonds. The summed E-state index contributed by atoms with van der Waals surface area (Å²) in [4.78, 5) is 29.2. The number of carbonyl (C=O) groups is 1. The Labute approximate surface area is 192 Å². The summed E-state index contributed by atoms with van der Waals surface area (Å²) in [5.41, 5.74) is 0.596. The maximum Gasteiger partial charge on any atom is 0.280 e. The van der Waals surface area contributed by atoms with E-state index >= 15 is 0 Å². The van der Waals surface area contributed by atoms with Gasteiger partial charge in [-0.1, -0.05) is 23.2 Å². The average Bonchev–Trinajstić information content (AvgIpc) is 3.55. The maximum absolute atomic E-state index is 13.3. The Morgan fingerprint density at radius 1 is 1.27 bits per heavy atom. The van der Waals surface area contributed by atoms with Crippen LogP contribution in [0.4, 0.5) is 13.9 Å². The van der Waals surface area contributed by atoms with Crippen molar-refractivity contribution in [1.82, 2.24) is 15.0 Å². The van der Waals surface area contributed by atoms with Crippen molar-refractivity contribution < 1.29 is 18.3 Å². The van der Waals surface area contributed by atoms with Crippen molar-refractivity contribution in [3.63, 3.8) is 0 Å². The number of carbonyl (C=O) groups excluding carboxylic acids is 1. The number of pyridine rings is 2. The van der Waals surface area contributed by atoms with Gasteiger partial charge in [-0.05, 0) is 25.0 Å². The third-order valence-corrected chi connectivity index (χ3v) is 5.60. The predicted octanol–water partition coefficient (Wildman–Crippen LogP) is 4.98. The number of nitrogens with one attached hydrogen (secondary N) is 1. The number of alkyl halides is 2. The molecule has 1 aliphatic rings. The van der Waals surface area contributed by atoms with Crippen LogP contribution in [0.25, 0.3) is 16.0 Å². The van der Waals surface area contributed by atoms with E-state index in [2.05, 4.69) is 37.0 Å². The van der Waals surface area contributed by atoms with Crippen molar-refractivity contribution in [2.75, 3.05) is 12.4 Å². The lowest BCUT2D eigenvalue weighted by atomic mass is 9.99. The third kappa shape index (κ3) is 5.30. The molecule has 10 heteroatoms. The second kappa shape index (κ2) is 9.72. The van der Waals surface area contributed by atoms with Crippen LogP contribution in [0.3, 0.4) is 0 Å². The molecule has 0 spiro atoms. The lowest BCUT2D eigenvalue weighted by molar-refractivity contribution is 0.102. The maximum atomic E-state index is 13.3. The number of thiazole rings is 1. The van der Waals surface area contributed by atoms with E-state index in [-0.39, 0.29) is 23.4 Å². The Kier molecular flexibility index (Phi) is 6.57. The molecule has 3 aromatic heterocycles. The summed E-state index contributed by atoms with van der Waals surface area (Å²) < 4.78 is 31.9. The quantitative estimate of drug-likeness (QED) is 0.410. The van der Waals surface area contributed by atoms with E-state index in [0.29, 0.717) is 22.3 Å². The zero-order valence-corrected chi connectivity index (χ0v) is 18.2. The molecule has 4 rings (SSSR count). The van der Waals surface area contributed by atoms with Gasteiger partial charge in [0, 0.05) is 23.2 Å². The summed E-state index contributed by atoms with van der Waals surface area (Å²) in [6.07, 6.45) is 3.50. The standard InChI is InChI=1S/C23H17F2N5O2S/c1-26-9-14-7-16(17-8-19(21(24)25)28-12-20(17)32-2)18(11-27-14)22(31)30-23-29-10-15(33-23)6-5-13-3-4-13/h7-8,10-13,21H,3-4,9H2,2H3,(H,29,30,31). The Hall–Kier alpha value is -3.89. The number of methoxy groups -OCH3 is 1. The monoisotopic (exact) mass is 465 g/mol. The van der Waals surface area contributed by atoms with Crippen LogP contribution < -0.4 is 10.1 Å². The van der Waals surface area contributed by atoms with Gasteiger partial charge in [0.1, 0.15) is 17.1 Å². The number of hydrogen-bond acceptors (Lipinski definition) is 6. The van der Waals surface area contributed by atoms with Gasteiger partial charge in [-0.25, -0.2) is 20.3 Å². The highest BCUT2D eigenvalue weighted by atomic mass is 32.1. The molecule has 7 nitrogen and oxygen atoms in total. The second-order valence-electron chi connectivity index (χ2n) is 7.18. The van der Waals surface area contributed by atoms with Crippen LogP contribution in [0.5, 0.6) is 5.75 Å². The highest BCUT2D eigenvalue weighted by Crippen LogP contribution is 2.35. The first kappa shape index (κ1) is 22.3. The van der Waals surface area contributed by atoms with Crippen molar-refractivity contribution in [3.8, 4) is 28.7 Å². The fraction of sp³-hybridized carbons (Fsp3) is 0.261. The molecule has 0 atom stereocenters. The normalized spacial score (nSPS) is 12.6. The Bertz CT molecular complexity index is 1300. The van der Waals surface area contributed by atoms with E-state index in [9.17, 15) is 13.6 Å². The van der Waals surface area contributed by atoms with Gasteiger partial charge in [-0.3, -0.25) is 20.1 Å². The van der Waals surface area contributed by atoms with Crippen molar-refractivity contribution in [1.29, 1.82) is 0 Å². The first-order valence-electron chi connectivity index (χ1n) is 9.91. The van der Waals surface area contributed by atoms with Gasteiger partial charge in [0.05, 0.1) is 29.9 Å². The number of amides is 1. The van der Waals surface area contributed by atoms with Crippen molar-refractivity contribution in [2.45, 2.75) is 25.8 Å². The highest BCUT2D eigenvalue weighted by molar-refractivity contribution is 7.16. The topological polar surface area (TPSA) is 81.4 Å². The fourth-order valence-corrected chi connectivity index (χ4v) is 3.65. The van der Waals surface area contributed by atoms with Crippen LogP contribution in [-0.4, -0.2) is 28.0 Å². The molecular formula is C23H17F2N5O2S. The molecule has 3 heterocycles. The minimum absolute atomic E-state index is 0.0283. The van der Waals surface area contributed by atoms with Gasteiger partial charge in [0.2, 0.25) is 0 Å². The van der Waals surface area contributed by atoms with Crippen LogP contribution in [0.15, 0.2) is 30.7 Å². The molecule has 1 N–H and O–H groups in total. The van der Waals surface area contributed by atoms with Crippen LogP contribution in [-0.2, 0) is 6.54 Å². The molecule has 1 fully saturated rings. The number of aromatic nitrogens is 3. The van der Waals surface area contributed by atoms with Gasteiger partial charge in [0.15, 0.2) is 5.13 Å². The second-order valence-corrected chi connectivity index (χ2v) is 8.21. The lowest BCUT2D eigenvalue weighted by Crippen LogP contribution is -2.14. The van der Waals surface area contributed by atoms with Gasteiger partial charge < -0.3 is 9.58 Å². The van der Waals surface area contributed by atoms with Crippen molar-refractivity contribution >= 4 is 22.4 Å². The molecule has 1 aliphatic carbocycles. The smallest absolute Gasteiger partial charge is 0.280 e. The molecule has 0 bridgehead atoms. The third-order valence-electron chi connectivity index (χ3n) is 4.77. The number of rotatable bonds is 6. The molecule has 0 aliphatic heterocycles. The number of halogens is 2. The summed E-state index contributed by atoms with van der Waals surface area (Å²) in [5, 5.41) is 3.07. The van der Waals surface area contributed by atoms with E-state index in [1.807, 2.05) is 0 Å². The number of anilines is 1. The van der Waals surface area contributed by atoms with E-state index in [4.69, 9.17) is 11.3 Å². The summed E-state index contributed by atoms with van der Waals surface area (Å²) in [6.45, 7) is 7.06. The molecule has 166 valence electrons. The minimum atomic E-state index is -2.80. The summed E-state index contributed by atoms with van der Waals surface area (Å²) in [5.74, 6) is 6.32. The molecular weight excluding hydrogens is 448 g/mol. The molecule has 3 aromatic rings. The molecule has 1 saturated carbocycles. The van der Waals surface area contributed by atoms with Gasteiger partial charge in [0.25, 0.3) is 18.9 Å². The number of nitrogens with zero attached hydrogens (tertiary/aromatic N) is 4. The zero-order valence-electron chi connectivity index (χ0n) is 17.4. The Morgan fingerprint density at radius 2 is 2.09 bits per heavy atom. The van der Waals surface area contributed by atoms with Crippen LogP contribution in [0.2, 0.25) is 0 Å². The van der Waals surface area contributed by atoms with Crippen molar-refractivity contribution in [2.24, 2.45) is 5.92 Å². The fourth-order valence-electron chi connectivity index (χ4n) is 2.98. The summed E-state index contributed by atoms with van der Waals surface area (Å²) in [6, 6.07) is 2.70. The zero-order chi connectivity index (χ0) is 23.4. The summed E-state index contributed by atoms with van der Waals surface area (Å²) in [7, 11) is 1.38. The molecule has 0 aromatic carbocycles. The largest absolute Gasteiger partial charge is 0.494 e. The summed E-state index contributed by atoms with van der Waals surface area (Å²) >= 11 is 1.24. The molecule has 0 radical (unpaired) electrons. The predicted molar refractivity (Wildman–Crippen MR) is 119 cm³/mol. The first-order valence-corrected chi connectivity index (χ1v) is 10.7. The van der Waals surface area contributed by atoms with Gasteiger partial charge >= 0.3 is 0 Å². The highest BCUT2D eigenvalue weighted by Gasteiger charge is 2.22. The first-order chi connectivity index (χ1) is 16.0. The lowest BCUT2D eigenvalue weighted by Gasteiger charge is -2.14. The SMILES string of the molecule is [C-]#[N+]Cc1cc(-c2cc(C(F)F)ncc2OC)c(C(=O)Nc2ncc(C#CC3CC3)s2)cn1. The Balaban J connectivity index is 1.70. The van der Waals surface area contributed by atoms with Crippen LogP contribution in [0, 0.1) is 24.3 Å². The molecule has 0 saturated heterocycles. The van der Waals surface area contributed by atoms with Crippen molar-refractivity contribution in [3.05, 3.63) is 64.0 Å². The van der Waals surface area contributed by atoms with E-state index in [1.54, 1.807) is 6.20 Å². The van der Waals surface area contributed by atoms with E-state index in [1.165, 1.54) is 43.0 Å². The number of ether oxygens (including phenoxy) is 1. The van der Waals surface area contributed by atoms with Gasteiger partial charge in [-0.2, -0.15) is 0 Å². The van der Waals surface area contributed by atoms with Crippen LogP contribution >= 0.6 is 11.3 Å². The minimum Gasteiger partial charge on any atom is -0.494 e. The molecule has 0 unspecified atom stereocenters. The van der Waals surface area contributed by atoms with Gasteiger partial charge in [-0.15, -0.1) is 0 Å². The van der Waals surface area contributed by atoms with E-state index < -0.39 is 18.0 Å².